The maximum atomic E-state index is 12.1. The summed E-state index contributed by atoms with van der Waals surface area (Å²) in [6.07, 6.45) is 1.70. The van der Waals surface area contributed by atoms with Crippen LogP contribution in [0, 0.1) is 20.8 Å². The maximum absolute atomic E-state index is 12.1. The topological polar surface area (TPSA) is 47.3 Å². The van der Waals surface area contributed by atoms with Crippen LogP contribution in [0.4, 0.5) is 0 Å². The average molecular weight is 311 g/mol. The molecule has 0 unspecified atom stereocenters. The molecule has 1 aromatic carbocycles. The molecular formula is C17H17N3OS. The fourth-order valence-electron chi connectivity index (χ4n) is 2.32. The first-order valence-corrected chi connectivity index (χ1v) is 8.08. The number of nitrogens with zero attached hydrogens (tertiary/aromatic N) is 3. The maximum Gasteiger partial charge on any atom is 0.355 e. The third kappa shape index (κ3) is 2.90. The molecule has 22 heavy (non-hydrogen) atoms. The van der Waals surface area contributed by atoms with Crippen LogP contribution in [-0.4, -0.2) is 14.4 Å². The standard InChI is InChI=1S/C17H17N3OS/c1-11-6-7-12(2)14(9-11)10-22-16-18-15-13(3)5-4-8-20(15)17(21)19-16/h4-9H,10H2,1-3H3. The minimum atomic E-state index is -0.280. The molecule has 3 aromatic rings. The highest BCUT2D eigenvalue weighted by atomic mass is 32.2. The van der Waals surface area contributed by atoms with Gasteiger partial charge in [0.2, 0.25) is 0 Å². The Morgan fingerprint density at radius 2 is 1.91 bits per heavy atom. The zero-order valence-corrected chi connectivity index (χ0v) is 13.6. The van der Waals surface area contributed by atoms with Gasteiger partial charge in [0, 0.05) is 11.9 Å². The first-order chi connectivity index (χ1) is 10.5. The second-order valence-corrected chi connectivity index (χ2v) is 6.33. The van der Waals surface area contributed by atoms with Crippen LogP contribution in [0.15, 0.2) is 46.5 Å². The second-order valence-electron chi connectivity index (χ2n) is 5.39. The van der Waals surface area contributed by atoms with Crippen molar-refractivity contribution in [1.29, 1.82) is 0 Å². The normalized spacial score (nSPS) is 11.0. The van der Waals surface area contributed by atoms with Crippen LogP contribution >= 0.6 is 11.8 Å². The van der Waals surface area contributed by atoms with E-state index < -0.39 is 0 Å². The summed E-state index contributed by atoms with van der Waals surface area (Å²) in [4.78, 5) is 20.7. The van der Waals surface area contributed by atoms with Gasteiger partial charge in [-0.25, -0.2) is 9.78 Å². The van der Waals surface area contributed by atoms with Crippen LogP contribution in [0.2, 0.25) is 0 Å². The van der Waals surface area contributed by atoms with Crippen molar-refractivity contribution in [3.05, 3.63) is 69.3 Å². The molecule has 4 nitrogen and oxygen atoms in total. The number of hydrogen-bond donors (Lipinski definition) is 0. The summed E-state index contributed by atoms with van der Waals surface area (Å²) in [5.41, 5.74) is 5.08. The molecule has 0 aliphatic carbocycles. The van der Waals surface area contributed by atoms with Crippen molar-refractivity contribution >= 4 is 17.4 Å². The molecule has 0 spiro atoms. The van der Waals surface area contributed by atoms with Gasteiger partial charge in [0.1, 0.15) is 5.65 Å². The molecule has 2 heterocycles. The van der Waals surface area contributed by atoms with Crippen LogP contribution in [0.3, 0.4) is 0 Å². The first kappa shape index (κ1) is 14.8. The highest BCUT2D eigenvalue weighted by Gasteiger charge is 2.07. The van der Waals surface area contributed by atoms with E-state index in [1.54, 1.807) is 6.20 Å². The monoisotopic (exact) mass is 311 g/mol. The summed E-state index contributed by atoms with van der Waals surface area (Å²) >= 11 is 1.50. The molecule has 0 saturated heterocycles. The summed E-state index contributed by atoms with van der Waals surface area (Å²) in [6, 6.07) is 10.2. The quantitative estimate of drug-likeness (QED) is 0.696. The summed E-state index contributed by atoms with van der Waals surface area (Å²) in [5.74, 6) is 0.759. The van der Waals surface area contributed by atoms with Gasteiger partial charge in [-0.05, 0) is 43.5 Å². The fraction of sp³-hybridized carbons (Fsp3) is 0.235. The summed E-state index contributed by atoms with van der Waals surface area (Å²) in [5, 5.41) is 0.528. The number of aromatic nitrogens is 3. The molecule has 0 atom stereocenters. The molecule has 0 aliphatic rings. The smallest absolute Gasteiger partial charge is 0.251 e. The molecule has 0 fully saturated rings. The van der Waals surface area contributed by atoms with Gasteiger partial charge in [0.15, 0.2) is 5.16 Å². The predicted octanol–water partition coefficient (Wildman–Crippen LogP) is 3.31. The fourth-order valence-corrected chi connectivity index (χ4v) is 3.21. The van der Waals surface area contributed by atoms with Crippen molar-refractivity contribution in [3.63, 3.8) is 0 Å². The molecular weight excluding hydrogens is 294 g/mol. The minimum absolute atomic E-state index is 0.280. The Morgan fingerprint density at radius 1 is 1.09 bits per heavy atom. The lowest BCUT2D eigenvalue weighted by Gasteiger charge is -2.07. The second kappa shape index (κ2) is 5.93. The van der Waals surface area contributed by atoms with Gasteiger partial charge >= 0.3 is 5.69 Å². The minimum Gasteiger partial charge on any atom is -0.251 e. The number of thioether (sulfide) groups is 1. The highest BCUT2D eigenvalue weighted by Crippen LogP contribution is 2.22. The third-order valence-corrected chi connectivity index (χ3v) is 4.52. The summed E-state index contributed by atoms with van der Waals surface area (Å²) in [7, 11) is 0. The Kier molecular flexibility index (Phi) is 3.98. The zero-order valence-electron chi connectivity index (χ0n) is 12.8. The van der Waals surface area contributed by atoms with Gasteiger partial charge in [0.05, 0.1) is 0 Å². The number of benzene rings is 1. The lowest BCUT2D eigenvalue weighted by Crippen LogP contribution is -2.19. The third-order valence-electron chi connectivity index (χ3n) is 3.62. The van der Waals surface area contributed by atoms with E-state index in [0.29, 0.717) is 10.8 Å². The Labute approximate surface area is 133 Å². The van der Waals surface area contributed by atoms with Gasteiger partial charge in [-0.3, -0.25) is 4.40 Å². The molecule has 0 aliphatic heterocycles. The Hall–Kier alpha value is -2.14. The lowest BCUT2D eigenvalue weighted by atomic mass is 10.1. The van der Waals surface area contributed by atoms with Gasteiger partial charge in [0.25, 0.3) is 0 Å². The molecule has 0 N–H and O–H groups in total. The Bertz CT molecular complexity index is 902. The molecule has 3 rings (SSSR count). The van der Waals surface area contributed by atoms with Crippen molar-refractivity contribution in [2.24, 2.45) is 0 Å². The van der Waals surface area contributed by atoms with Crippen LogP contribution in [-0.2, 0) is 5.75 Å². The SMILES string of the molecule is Cc1ccc(C)c(CSc2nc(=O)n3cccc(C)c3n2)c1. The van der Waals surface area contributed by atoms with Gasteiger partial charge in [-0.15, -0.1) is 0 Å². The first-order valence-electron chi connectivity index (χ1n) is 7.09. The van der Waals surface area contributed by atoms with E-state index in [1.165, 1.54) is 32.9 Å². The van der Waals surface area contributed by atoms with Gasteiger partial charge in [-0.1, -0.05) is 41.6 Å². The van der Waals surface area contributed by atoms with Crippen molar-refractivity contribution < 1.29 is 0 Å². The largest absolute Gasteiger partial charge is 0.355 e. The number of rotatable bonds is 3. The molecule has 0 bridgehead atoms. The van der Waals surface area contributed by atoms with E-state index in [1.807, 2.05) is 19.1 Å². The Balaban J connectivity index is 1.93. The van der Waals surface area contributed by atoms with Crippen molar-refractivity contribution in [3.8, 4) is 0 Å². The van der Waals surface area contributed by atoms with Crippen molar-refractivity contribution in [2.45, 2.75) is 31.7 Å². The van der Waals surface area contributed by atoms with Crippen LogP contribution in [0.5, 0.6) is 0 Å². The van der Waals surface area contributed by atoms with Gasteiger partial charge < -0.3 is 0 Å². The van der Waals surface area contributed by atoms with E-state index in [0.717, 1.165) is 11.3 Å². The number of pyridine rings is 1. The van der Waals surface area contributed by atoms with E-state index >= 15 is 0 Å². The highest BCUT2D eigenvalue weighted by molar-refractivity contribution is 7.98. The Morgan fingerprint density at radius 3 is 2.73 bits per heavy atom. The molecule has 0 saturated carbocycles. The van der Waals surface area contributed by atoms with Crippen LogP contribution in [0.25, 0.3) is 5.65 Å². The predicted molar refractivity (Wildman–Crippen MR) is 89.5 cm³/mol. The van der Waals surface area contributed by atoms with E-state index in [9.17, 15) is 4.79 Å². The molecule has 0 amide bonds. The number of hydrogen-bond acceptors (Lipinski definition) is 4. The number of aryl methyl sites for hydroxylation is 3. The van der Waals surface area contributed by atoms with E-state index in [2.05, 4.69) is 42.0 Å². The summed E-state index contributed by atoms with van der Waals surface area (Å²) < 4.78 is 1.48. The van der Waals surface area contributed by atoms with Gasteiger partial charge in [-0.2, -0.15) is 4.98 Å². The van der Waals surface area contributed by atoms with E-state index in [-0.39, 0.29) is 5.69 Å². The van der Waals surface area contributed by atoms with Crippen LogP contribution in [0.1, 0.15) is 22.3 Å². The van der Waals surface area contributed by atoms with Crippen molar-refractivity contribution in [1.82, 2.24) is 14.4 Å². The molecule has 112 valence electrons. The lowest BCUT2D eigenvalue weighted by molar-refractivity contribution is 0.842. The van der Waals surface area contributed by atoms with Crippen molar-refractivity contribution in [2.75, 3.05) is 0 Å². The molecule has 5 heteroatoms. The van der Waals surface area contributed by atoms with E-state index in [4.69, 9.17) is 0 Å². The van der Waals surface area contributed by atoms with Crippen LogP contribution < -0.4 is 5.69 Å². The summed E-state index contributed by atoms with van der Waals surface area (Å²) in [6.45, 7) is 6.12. The number of fused-ring (bicyclic) bond motifs is 1. The molecule has 2 aromatic heterocycles. The average Bonchev–Trinajstić information content (AvgIpc) is 2.49. The zero-order chi connectivity index (χ0) is 15.7. The molecule has 0 radical (unpaired) electrons.